The fourth-order valence-corrected chi connectivity index (χ4v) is 1.60. The second kappa shape index (κ2) is 4.60. The number of aliphatic hydroxyl groups is 1. The van der Waals surface area contributed by atoms with Crippen molar-refractivity contribution in [1.82, 2.24) is 0 Å². The number of rotatable bonds is 4. The molecule has 1 aliphatic rings. The number of carbonyl (C=O) groups excluding carboxylic acids is 1. The van der Waals surface area contributed by atoms with Crippen LogP contribution in [0, 0.1) is 0 Å². The zero-order valence-electron chi connectivity index (χ0n) is 8.88. The third-order valence-corrected chi connectivity index (χ3v) is 2.82. The van der Waals surface area contributed by atoms with E-state index in [0.29, 0.717) is 25.0 Å². The van der Waals surface area contributed by atoms with E-state index in [4.69, 9.17) is 4.74 Å². The predicted molar refractivity (Wildman–Crippen MR) is 53.8 cm³/mol. The third-order valence-electron chi connectivity index (χ3n) is 2.82. The molecule has 0 spiro atoms. The maximum absolute atomic E-state index is 11.9. The summed E-state index contributed by atoms with van der Waals surface area (Å²) in [6, 6.07) is 0. The Morgan fingerprint density at radius 3 is 2.64 bits per heavy atom. The van der Waals surface area contributed by atoms with E-state index in [1.807, 2.05) is 13.8 Å². The molecule has 0 bridgehead atoms. The number of ketones is 1. The second-order valence-electron chi connectivity index (χ2n) is 3.69. The summed E-state index contributed by atoms with van der Waals surface area (Å²) >= 11 is 0. The van der Waals surface area contributed by atoms with E-state index in [0.717, 1.165) is 12.8 Å². The standard InChI is InChI=1S/C11H18O3/c1-3-11(13,4-2)10(12)9-6-5-7-14-8-9/h8,13H,3-7H2,1-2H3. The summed E-state index contributed by atoms with van der Waals surface area (Å²) in [6.45, 7) is 4.32. The Balaban J connectivity index is 2.76. The molecule has 0 radical (unpaired) electrons. The number of hydrogen-bond acceptors (Lipinski definition) is 3. The molecule has 0 fully saturated rings. The molecule has 80 valence electrons. The van der Waals surface area contributed by atoms with Gasteiger partial charge in [0, 0.05) is 5.57 Å². The van der Waals surface area contributed by atoms with Crippen LogP contribution in [0.2, 0.25) is 0 Å². The van der Waals surface area contributed by atoms with E-state index in [2.05, 4.69) is 0 Å². The predicted octanol–water partition coefficient (Wildman–Crippen LogP) is 1.80. The Morgan fingerprint density at radius 2 is 2.21 bits per heavy atom. The summed E-state index contributed by atoms with van der Waals surface area (Å²) in [7, 11) is 0. The van der Waals surface area contributed by atoms with Crippen LogP contribution in [0.15, 0.2) is 11.8 Å². The van der Waals surface area contributed by atoms with Crippen LogP contribution in [0.5, 0.6) is 0 Å². The molecule has 0 atom stereocenters. The lowest BCUT2D eigenvalue weighted by atomic mass is 9.86. The van der Waals surface area contributed by atoms with Gasteiger partial charge in [-0.05, 0) is 25.7 Å². The van der Waals surface area contributed by atoms with Gasteiger partial charge in [-0.1, -0.05) is 13.8 Å². The van der Waals surface area contributed by atoms with Gasteiger partial charge in [0.25, 0.3) is 0 Å². The molecule has 1 aliphatic heterocycles. The van der Waals surface area contributed by atoms with E-state index in [1.54, 1.807) is 0 Å². The van der Waals surface area contributed by atoms with Gasteiger partial charge in [-0.25, -0.2) is 0 Å². The van der Waals surface area contributed by atoms with E-state index >= 15 is 0 Å². The minimum absolute atomic E-state index is 0.165. The quantitative estimate of drug-likeness (QED) is 0.749. The van der Waals surface area contributed by atoms with Crippen molar-refractivity contribution in [2.45, 2.75) is 45.1 Å². The lowest BCUT2D eigenvalue weighted by molar-refractivity contribution is -0.134. The van der Waals surface area contributed by atoms with Crippen molar-refractivity contribution in [3.05, 3.63) is 11.8 Å². The Kier molecular flexibility index (Phi) is 3.69. The number of carbonyl (C=O) groups is 1. The average Bonchev–Trinajstić information content (AvgIpc) is 2.28. The molecule has 0 aromatic rings. The van der Waals surface area contributed by atoms with Crippen molar-refractivity contribution >= 4 is 5.78 Å². The molecule has 0 aromatic carbocycles. The van der Waals surface area contributed by atoms with Crippen LogP contribution in [0.4, 0.5) is 0 Å². The second-order valence-corrected chi connectivity index (χ2v) is 3.69. The van der Waals surface area contributed by atoms with Crippen LogP contribution in [-0.2, 0) is 9.53 Å². The van der Waals surface area contributed by atoms with Crippen LogP contribution >= 0.6 is 0 Å². The Bertz CT molecular complexity index is 239. The summed E-state index contributed by atoms with van der Waals surface area (Å²) in [5.74, 6) is -0.165. The smallest absolute Gasteiger partial charge is 0.193 e. The van der Waals surface area contributed by atoms with Crippen molar-refractivity contribution in [2.24, 2.45) is 0 Å². The van der Waals surface area contributed by atoms with Crippen LogP contribution < -0.4 is 0 Å². The molecule has 0 amide bonds. The monoisotopic (exact) mass is 198 g/mol. The Labute approximate surface area is 84.8 Å². The van der Waals surface area contributed by atoms with Gasteiger partial charge in [0.15, 0.2) is 5.78 Å². The molecule has 0 aromatic heterocycles. The first-order valence-electron chi connectivity index (χ1n) is 5.22. The molecule has 1 heterocycles. The average molecular weight is 198 g/mol. The van der Waals surface area contributed by atoms with Crippen LogP contribution in [0.3, 0.4) is 0 Å². The highest BCUT2D eigenvalue weighted by Crippen LogP contribution is 2.24. The molecular weight excluding hydrogens is 180 g/mol. The van der Waals surface area contributed by atoms with Crippen LogP contribution in [0.25, 0.3) is 0 Å². The highest BCUT2D eigenvalue weighted by atomic mass is 16.5. The zero-order valence-corrected chi connectivity index (χ0v) is 8.88. The normalized spacial score (nSPS) is 17.2. The van der Waals surface area contributed by atoms with Crippen molar-refractivity contribution in [3.63, 3.8) is 0 Å². The number of hydrogen-bond donors (Lipinski definition) is 1. The van der Waals surface area contributed by atoms with Gasteiger partial charge < -0.3 is 9.84 Å². The van der Waals surface area contributed by atoms with Gasteiger partial charge in [-0.15, -0.1) is 0 Å². The van der Waals surface area contributed by atoms with Gasteiger partial charge in [-0.2, -0.15) is 0 Å². The highest BCUT2D eigenvalue weighted by molar-refractivity contribution is 6.01. The van der Waals surface area contributed by atoms with Gasteiger partial charge >= 0.3 is 0 Å². The number of ether oxygens (including phenoxy) is 1. The van der Waals surface area contributed by atoms with Gasteiger partial charge in [-0.3, -0.25) is 4.79 Å². The zero-order chi connectivity index (χ0) is 10.6. The van der Waals surface area contributed by atoms with Gasteiger partial charge in [0.1, 0.15) is 5.60 Å². The van der Waals surface area contributed by atoms with Crippen molar-refractivity contribution in [3.8, 4) is 0 Å². The Hall–Kier alpha value is -0.830. The Morgan fingerprint density at radius 1 is 1.57 bits per heavy atom. The minimum Gasteiger partial charge on any atom is -0.501 e. The van der Waals surface area contributed by atoms with Crippen molar-refractivity contribution < 1.29 is 14.6 Å². The van der Waals surface area contributed by atoms with E-state index in [-0.39, 0.29) is 5.78 Å². The van der Waals surface area contributed by atoms with E-state index < -0.39 is 5.60 Å². The molecular formula is C11H18O3. The SMILES string of the molecule is CCC(O)(CC)C(=O)C1=COCCC1. The fourth-order valence-electron chi connectivity index (χ4n) is 1.60. The lowest BCUT2D eigenvalue weighted by Gasteiger charge is -2.25. The summed E-state index contributed by atoms with van der Waals surface area (Å²) in [5.41, 5.74) is -0.561. The summed E-state index contributed by atoms with van der Waals surface area (Å²) in [4.78, 5) is 11.9. The molecule has 1 N–H and O–H groups in total. The largest absolute Gasteiger partial charge is 0.501 e. The molecule has 3 heteroatoms. The summed E-state index contributed by atoms with van der Waals surface area (Å²) in [5, 5.41) is 10.0. The minimum atomic E-state index is -1.19. The molecule has 3 nitrogen and oxygen atoms in total. The van der Waals surface area contributed by atoms with Crippen LogP contribution in [-0.4, -0.2) is 23.1 Å². The first kappa shape index (κ1) is 11.2. The summed E-state index contributed by atoms with van der Waals surface area (Å²) < 4.78 is 5.09. The highest BCUT2D eigenvalue weighted by Gasteiger charge is 2.34. The van der Waals surface area contributed by atoms with Crippen LogP contribution in [0.1, 0.15) is 39.5 Å². The van der Waals surface area contributed by atoms with E-state index in [9.17, 15) is 9.90 Å². The molecule has 14 heavy (non-hydrogen) atoms. The molecule has 0 saturated heterocycles. The first-order chi connectivity index (χ1) is 6.64. The van der Waals surface area contributed by atoms with Gasteiger partial charge in [0.2, 0.25) is 0 Å². The molecule has 0 unspecified atom stereocenters. The fraction of sp³-hybridized carbons (Fsp3) is 0.727. The number of Topliss-reactive ketones (excluding diaryl/α,β-unsaturated/α-hetero) is 1. The van der Waals surface area contributed by atoms with Crippen molar-refractivity contribution in [1.29, 1.82) is 0 Å². The first-order valence-corrected chi connectivity index (χ1v) is 5.22. The third kappa shape index (κ3) is 2.15. The maximum atomic E-state index is 11.9. The van der Waals surface area contributed by atoms with E-state index in [1.165, 1.54) is 6.26 Å². The molecule has 0 aliphatic carbocycles. The van der Waals surface area contributed by atoms with Gasteiger partial charge in [0.05, 0.1) is 12.9 Å². The maximum Gasteiger partial charge on any atom is 0.193 e. The molecule has 1 rings (SSSR count). The topological polar surface area (TPSA) is 46.5 Å². The van der Waals surface area contributed by atoms with Crippen molar-refractivity contribution in [2.75, 3.05) is 6.61 Å². The lowest BCUT2D eigenvalue weighted by Crippen LogP contribution is -2.38. The summed E-state index contributed by atoms with van der Waals surface area (Å²) in [6.07, 6.45) is 4.00. The molecule has 0 saturated carbocycles.